The maximum absolute atomic E-state index is 12.3. The lowest BCUT2D eigenvalue weighted by Crippen LogP contribution is -2.50. The second-order valence-corrected chi connectivity index (χ2v) is 8.58. The molecule has 5 nitrogen and oxygen atoms in total. The number of likely N-dealkylation sites (tertiary alicyclic amines) is 1. The number of methoxy groups -OCH3 is 1. The largest absolute Gasteiger partial charge is 0.497 e. The minimum Gasteiger partial charge on any atom is -0.497 e. The van der Waals surface area contributed by atoms with Gasteiger partial charge in [-0.2, -0.15) is 0 Å². The molecule has 1 amide bonds. The van der Waals surface area contributed by atoms with Gasteiger partial charge < -0.3 is 10.1 Å². The Morgan fingerprint density at radius 2 is 1.96 bits per heavy atom. The van der Waals surface area contributed by atoms with Gasteiger partial charge in [0.2, 0.25) is 5.91 Å². The molecule has 0 radical (unpaired) electrons. The highest BCUT2D eigenvalue weighted by molar-refractivity contribution is 7.09. The van der Waals surface area contributed by atoms with Crippen LogP contribution in [0.25, 0.3) is 11.3 Å². The molecule has 1 aromatic heterocycles. The van der Waals surface area contributed by atoms with E-state index in [2.05, 4.69) is 29.0 Å². The summed E-state index contributed by atoms with van der Waals surface area (Å²) in [6, 6.07) is 7.88. The summed E-state index contributed by atoms with van der Waals surface area (Å²) in [6.07, 6.45) is 3.68. The minimum absolute atomic E-state index is 0.0227. The van der Waals surface area contributed by atoms with Gasteiger partial charge in [-0.05, 0) is 64.0 Å². The van der Waals surface area contributed by atoms with Gasteiger partial charge in [0.15, 0.2) is 0 Å². The Kier molecular flexibility index (Phi) is 6.50. The van der Waals surface area contributed by atoms with Crippen LogP contribution in [-0.4, -0.2) is 48.1 Å². The first kappa shape index (κ1) is 19.8. The van der Waals surface area contributed by atoms with Crippen molar-refractivity contribution < 1.29 is 9.53 Å². The summed E-state index contributed by atoms with van der Waals surface area (Å²) in [4.78, 5) is 19.4. The molecule has 1 aliphatic heterocycles. The number of amides is 1. The van der Waals surface area contributed by atoms with Gasteiger partial charge in [-0.3, -0.25) is 9.69 Å². The monoisotopic (exact) mass is 387 g/mol. The van der Waals surface area contributed by atoms with Gasteiger partial charge in [0, 0.05) is 35.9 Å². The first-order chi connectivity index (χ1) is 13.0. The molecule has 6 heteroatoms. The molecule has 3 rings (SSSR count). The van der Waals surface area contributed by atoms with Crippen LogP contribution in [0.4, 0.5) is 0 Å². The van der Waals surface area contributed by atoms with Crippen molar-refractivity contribution in [3.05, 3.63) is 34.7 Å². The van der Waals surface area contributed by atoms with Crippen molar-refractivity contribution in [3.8, 4) is 17.0 Å². The fourth-order valence-electron chi connectivity index (χ4n) is 3.38. The lowest BCUT2D eigenvalue weighted by molar-refractivity contribution is -0.121. The highest BCUT2D eigenvalue weighted by atomic mass is 32.1. The van der Waals surface area contributed by atoms with E-state index in [9.17, 15) is 4.79 Å². The zero-order chi connectivity index (χ0) is 19.3. The van der Waals surface area contributed by atoms with Crippen molar-refractivity contribution in [2.75, 3.05) is 26.7 Å². The van der Waals surface area contributed by atoms with E-state index in [0.29, 0.717) is 19.4 Å². The zero-order valence-electron chi connectivity index (χ0n) is 16.5. The molecule has 0 bridgehead atoms. The molecule has 27 heavy (non-hydrogen) atoms. The third kappa shape index (κ3) is 5.30. The zero-order valence-corrected chi connectivity index (χ0v) is 17.3. The number of nitrogens with one attached hydrogen (secondary N) is 1. The summed E-state index contributed by atoms with van der Waals surface area (Å²) in [5.41, 5.74) is 2.04. The topological polar surface area (TPSA) is 54.5 Å². The Morgan fingerprint density at radius 3 is 2.63 bits per heavy atom. The number of carbonyl (C=O) groups excluding carboxylic acids is 1. The van der Waals surface area contributed by atoms with Gasteiger partial charge in [0.25, 0.3) is 0 Å². The number of rotatable bonds is 8. The highest BCUT2D eigenvalue weighted by Crippen LogP contribution is 2.25. The fourth-order valence-corrected chi connectivity index (χ4v) is 4.19. The van der Waals surface area contributed by atoms with Crippen LogP contribution in [-0.2, 0) is 11.2 Å². The summed E-state index contributed by atoms with van der Waals surface area (Å²) in [7, 11) is 1.66. The third-order valence-electron chi connectivity index (χ3n) is 5.18. The molecule has 1 saturated heterocycles. The molecular weight excluding hydrogens is 358 g/mol. The average Bonchev–Trinajstić information content (AvgIpc) is 3.37. The van der Waals surface area contributed by atoms with E-state index in [1.54, 1.807) is 18.4 Å². The molecule has 1 aromatic carbocycles. The number of carbonyl (C=O) groups is 1. The van der Waals surface area contributed by atoms with Crippen LogP contribution in [0.2, 0.25) is 0 Å². The lowest BCUT2D eigenvalue weighted by atomic mass is 10.0. The van der Waals surface area contributed by atoms with E-state index in [-0.39, 0.29) is 11.4 Å². The van der Waals surface area contributed by atoms with E-state index in [1.165, 1.54) is 12.8 Å². The molecule has 0 aliphatic carbocycles. The van der Waals surface area contributed by atoms with Gasteiger partial charge >= 0.3 is 0 Å². The number of benzene rings is 1. The van der Waals surface area contributed by atoms with Gasteiger partial charge in [-0.1, -0.05) is 0 Å². The quantitative estimate of drug-likeness (QED) is 0.750. The Bertz CT molecular complexity index is 749. The van der Waals surface area contributed by atoms with Gasteiger partial charge in [-0.15, -0.1) is 11.3 Å². The van der Waals surface area contributed by atoms with Crippen molar-refractivity contribution in [1.82, 2.24) is 15.2 Å². The summed E-state index contributed by atoms with van der Waals surface area (Å²) in [6.45, 7) is 7.38. The number of thiazole rings is 1. The van der Waals surface area contributed by atoms with Crippen LogP contribution in [0.1, 0.15) is 38.1 Å². The Hall–Kier alpha value is -1.92. The molecule has 1 aliphatic rings. The first-order valence-corrected chi connectivity index (χ1v) is 10.5. The molecule has 0 spiro atoms. The second kappa shape index (κ2) is 8.85. The van der Waals surface area contributed by atoms with E-state index >= 15 is 0 Å². The van der Waals surface area contributed by atoms with Gasteiger partial charge in [0.1, 0.15) is 5.75 Å². The first-order valence-electron chi connectivity index (χ1n) is 9.58. The number of ether oxygens (including phenoxy) is 1. The predicted molar refractivity (Wildman–Crippen MR) is 110 cm³/mol. The SMILES string of the molecule is COc1ccc(-c2csc(CCC(=O)NCC(C)(C)N3CCCC3)n2)cc1. The molecule has 0 saturated carbocycles. The fraction of sp³-hybridized carbons (Fsp3) is 0.524. The average molecular weight is 388 g/mol. The van der Waals surface area contributed by atoms with Gasteiger partial charge in [-0.25, -0.2) is 4.98 Å². The number of nitrogens with zero attached hydrogens (tertiary/aromatic N) is 2. The Balaban J connectivity index is 1.47. The summed E-state index contributed by atoms with van der Waals surface area (Å²) < 4.78 is 5.19. The molecule has 2 aromatic rings. The van der Waals surface area contributed by atoms with Crippen molar-refractivity contribution in [3.63, 3.8) is 0 Å². The predicted octanol–water partition coefficient (Wildman–Crippen LogP) is 3.74. The molecular formula is C21H29N3O2S. The summed E-state index contributed by atoms with van der Waals surface area (Å²) in [5, 5.41) is 6.15. The Morgan fingerprint density at radius 1 is 1.26 bits per heavy atom. The second-order valence-electron chi connectivity index (χ2n) is 7.64. The summed E-state index contributed by atoms with van der Waals surface area (Å²) in [5.74, 6) is 0.936. The van der Waals surface area contributed by atoms with E-state index in [4.69, 9.17) is 4.74 Å². The van der Waals surface area contributed by atoms with E-state index in [1.807, 2.05) is 29.6 Å². The number of hydrogen-bond donors (Lipinski definition) is 1. The van der Waals surface area contributed by atoms with Crippen LogP contribution in [0.3, 0.4) is 0 Å². The minimum atomic E-state index is 0.0227. The van der Waals surface area contributed by atoms with Crippen LogP contribution < -0.4 is 10.1 Å². The molecule has 2 heterocycles. The third-order valence-corrected chi connectivity index (χ3v) is 6.09. The lowest BCUT2D eigenvalue weighted by Gasteiger charge is -2.35. The number of aryl methyl sites for hydroxylation is 1. The number of hydrogen-bond acceptors (Lipinski definition) is 5. The summed E-state index contributed by atoms with van der Waals surface area (Å²) >= 11 is 1.61. The molecule has 0 unspecified atom stereocenters. The standard InChI is InChI=1S/C21H29N3O2S/c1-21(2,24-12-4-5-13-24)15-22-19(25)10-11-20-23-18(14-27-20)16-6-8-17(26-3)9-7-16/h6-9,14H,4-5,10-13,15H2,1-3H3,(H,22,25). The maximum atomic E-state index is 12.3. The van der Waals surface area contributed by atoms with Crippen molar-refractivity contribution in [2.24, 2.45) is 0 Å². The maximum Gasteiger partial charge on any atom is 0.220 e. The van der Waals surface area contributed by atoms with Crippen LogP contribution in [0.15, 0.2) is 29.6 Å². The Labute approximate surface area is 165 Å². The van der Waals surface area contributed by atoms with Gasteiger partial charge in [0.05, 0.1) is 17.8 Å². The van der Waals surface area contributed by atoms with Crippen LogP contribution in [0.5, 0.6) is 5.75 Å². The van der Waals surface area contributed by atoms with Crippen molar-refractivity contribution in [1.29, 1.82) is 0 Å². The van der Waals surface area contributed by atoms with Crippen molar-refractivity contribution in [2.45, 2.75) is 45.1 Å². The van der Waals surface area contributed by atoms with Crippen LogP contribution in [0, 0.1) is 0 Å². The number of aromatic nitrogens is 1. The normalized spacial score (nSPS) is 15.1. The molecule has 146 valence electrons. The van der Waals surface area contributed by atoms with E-state index < -0.39 is 0 Å². The highest BCUT2D eigenvalue weighted by Gasteiger charge is 2.29. The van der Waals surface area contributed by atoms with Crippen molar-refractivity contribution >= 4 is 17.2 Å². The van der Waals surface area contributed by atoms with E-state index in [0.717, 1.165) is 35.1 Å². The smallest absolute Gasteiger partial charge is 0.220 e. The molecule has 1 fully saturated rings. The molecule has 0 atom stereocenters. The van der Waals surface area contributed by atoms with Crippen LogP contribution >= 0.6 is 11.3 Å². The molecule has 1 N–H and O–H groups in total.